The quantitative estimate of drug-likeness (QED) is 0.292. The summed E-state index contributed by atoms with van der Waals surface area (Å²) in [6.45, 7) is 7.63. The second-order valence-electron chi connectivity index (χ2n) is 11.5. The average molecular weight is 598 g/mol. The van der Waals surface area contributed by atoms with Crippen LogP contribution in [-0.2, 0) is 14.4 Å². The SMILES string of the molecule is CN[C@@H](C)C(=O)N[C@H](C(=O)N(C(=O)[C@@H]1CCCN1)c1cc2c(Nc3cccc(F)c3F)ncnc2cc1OC)C(C)(C)C. The molecule has 0 bridgehead atoms. The second kappa shape index (κ2) is 13.0. The summed E-state index contributed by atoms with van der Waals surface area (Å²) in [6.07, 6.45) is 2.50. The van der Waals surface area contributed by atoms with Gasteiger partial charge in [-0.15, -0.1) is 0 Å². The standard InChI is InChI=1S/C30H37F2N7O4/c1-16(33-5)27(40)38-25(30(2,3)4)29(42)39(28(41)20-11-8-12-34-20)22-13-17-21(14-23(22)43-6)35-15-36-26(17)37-19-10-7-9-18(31)24(19)32/h7,9-10,13-16,20,25,33-34H,8,11-12H2,1-6H3,(H,38,40)(H,35,36,37)/t16-,20-,25+/m0/s1. The Kier molecular flexibility index (Phi) is 9.55. The normalized spacial score (nSPS) is 16.4. The number of ether oxygens (including phenoxy) is 1. The lowest BCUT2D eigenvalue weighted by atomic mass is 9.85. The van der Waals surface area contributed by atoms with E-state index in [1.807, 2.05) is 0 Å². The zero-order chi connectivity index (χ0) is 31.5. The monoisotopic (exact) mass is 597 g/mol. The number of methoxy groups -OCH3 is 1. The minimum absolute atomic E-state index is 0.0847. The molecule has 13 heteroatoms. The minimum atomic E-state index is -1.10. The van der Waals surface area contributed by atoms with Gasteiger partial charge in [0.25, 0.3) is 11.8 Å². The summed E-state index contributed by atoms with van der Waals surface area (Å²) in [5.41, 5.74) is -0.513. The van der Waals surface area contributed by atoms with Crippen LogP contribution in [0.4, 0.5) is 26.0 Å². The molecule has 2 aromatic carbocycles. The van der Waals surface area contributed by atoms with Gasteiger partial charge in [0.1, 0.15) is 23.9 Å². The summed E-state index contributed by atoms with van der Waals surface area (Å²) < 4.78 is 34.1. The number of carbonyl (C=O) groups is 3. The number of anilines is 3. The van der Waals surface area contributed by atoms with Crippen LogP contribution in [0.5, 0.6) is 5.75 Å². The fourth-order valence-electron chi connectivity index (χ4n) is 4.81. The van der Waals surface area contributed by atoms with Crippen molar-refractivity contribution in [3.63, 3.8) is 0 Å². The zero-order valence-electron chi connectivity index (χ0n) is 25.0. The lowest BCUT2D eigenvalue weighted by Gasteiger charge is -2.36. The van der Waals surface area contributed by atoms with Crippen LogP contribution in [0.15, 0.2) is 36.7 Å². The van der Waals surface area contributed by atoms with Gasteiger partial charge in [0.2, 0.25) is 5.91 Å². The molecule has 3 atom stereocenters. The number of hydrogen-bond donors (Lipinski definition) is 4. The number of amides is 3. The van der Waals surface area contributed by atoms with E-state index in [9.17, 15) is 23.2 Å². The number of nitrogens with one attached hydrogen (secondary N) is 4. The van der Waals surface area contributed by atoms with Gasteiger partial charge in [0.05, 0.1) is 36.1 Å². The smallest absolute Gasteiger partial charge is 0.257 e. The van der Waals surface area contributed by atoms with Crippen molar-refractivity contribution in [2.45, 2.75) is 58.7 Å². The average Bonchev–Trinajstić information content (AvgIpc) is 3.52. The van der Waals surface area contributed by atoms with E-state index in [-0.39, 0.29) is 22.9 Å². The maximum absolute atomic E-state index is 14.5. The van der Waals surface area contributed by atoms with Gasteiger partial charge >= 0.3 is 0 Å². The molecule has 0 unspecified atom stereocenters. The van der Waals surface area contributed by atoms with E-state index < -0.39 is 52.9 Å². The van der Waals surface area contributed by atoms with Crippen molar-refractivity contribution in [2.75, 3.05) is 30.9 Å². The number of halogens is 2. The van der Waals surface area contributed by atoms with Crippen LogP contribution in [0.1, 0.15) is 40.5 Å². The zero-order valence-corrected chi connectivity index (χ0v) is 25.0. The molecule has 1 fully saturated rings. The number of imide groups is 1. The van der Waals surface area contributed by atoms with Gasteiger partial charge in [-0.3, -0.25) is 14.4 Å². The highest BCUT2D eigenvalue weighted by Gasteiger charge is 2.42. The van der Waals surface area contributed by atoms with Crippen LogP contribution >= 0.6 is 0 Å². The van der Waals surface area contributed by atoms with E-state index in [4.69, 9.17) is 4.74 Å². The number of aromatic nitrogens is 2. The number of hydrogen-bond acceptors (Lipinski definition) is 9. The van der Waals surface area contributed by atoms with Gasteiger partial charge in [-0.1, -0.05) is 26.8 Å². The van der Waals surface area contributed by atoms with Crippen LogP contribution in [-0.4, -0.2) is 66.5 Å². The Hall–Kier alpha value is -4.23. The molecule has 2 heterocycles. The van der Waals surface area contributed by atoms with Crippen LogP contribution in [0.2, 0.25) is 0 Å². The molecule has 0 aliphatic carbocycles. The number of carbonyl (C=O) groups excluding carboxylic acids is 3. The largest absolute Gasteiger partial charge is 0.494 e. The summed E-state index contributed by atoms with van der Waals surface area (Å²) in [5.74, 6) is -3.46. The summed E-state index contributed by atoms with van der Waals surface area (Å²) in [6, 6.07) is 4.37. The Balaban J connectivity index is 1.89. The third-order valence-corrected chi connectivity index (χ3v) is 7.41. The number of benzene rings is 2. The Bertz CT molecular complexity index is 1520. The Labute approximate surface area is 248 Å². The first-order valence-electron chi connectivity index (χ1n) is 14.0. The molecule has 1 aliphatic heterocycles. The van der Waals surface area contributed by atoms with Crippen LogP contribution in [0.25, 0.3) is 10.9 Å². The van der Waals surface area contributed by atoms with Crippen molar-refractivity contribution in [1.29, 1.82) is 0 Å². The van der Waals surface area contributed by atoms with Gasteiger partial charge in [-0.05, 0) is 57.0 Å². The van der Waals surface area contributed by atoms with Gasteiger partial charge in [0, 0.05) is 11.5 Å². The van der Waals surface area contributed by atoms with Crippen molar-refractivity contribution in [3.05, 3.63) is 48.3 Å². The summed E-state index contributed by atoms with van der Waals surface area (Å²) >= 11 is 0. The molecule has 4 N–H and O–H groups in total. The van der Waals surface area contributed by atoms with E-state index in [2.05, 4.69) is 31.2 Å². The Morgan fingerprint density at radius 3 is 2.53 bits per heavy atom. The highest BCUT2D eigenvalue weighted by molar-refractivity contribution is 6.20. The third kappa shape index (κ3) is 6.73. The topological polar surface area (TPSA) is 138 Å². The number of fused-ring (bicyclic) bond motifs is 1. The van der Waals surface area contributed by atoms with Gasteiger partial charge in [0.15, 0.2) is 11.6 Å². The van der Waals surface area contributed by atoms with Crippen LogP contribution in [0.3, 0.4) is 0 Å². The minimum Gasteiger partial charge on any atom is -0.494 e. The maximum Gasteiger partial charge on any atom is 0.257 e. The van der Waals surface area contributed by atoms with E-state index in [1.54, 1.807) is 34.7 Å². The van der Waals surface area contributed by atoms with Gasteiger partial charge in [-0.2, -0.15) is 0 Å². The summed E-state index contributed by atoms with van der Waals surface area (Å²) in [7, 11) is 3.02. The molecule has 1 saturated heterocycles. The molecule has 0 radical (unpaired) electrons. The fourth-order valence-corrected chi connectivity index (χ4v) is 4.81. The molecular formula is C30H37F2N7O4. The maximum atomic E-state index is 14.5. The van der Waals surface area contributed by atoms with Crippen LogP contribution < -0.4 is 30.9 Å². The molecule has 4 rings (SSSR count). The van der Waals surface area contributed by atoms with Crippen LogP contribution in [0, 0.1) is 17.0 Å². The summed E-state index contributed by atoms with van der Waals surface area (Å²) in [4.78, 5) is 51.0. The molecule has 3 amide bonds. The summed E-state index contributed by atoms with van der Waals surface area (Å²) in [5, 5.41) is 11.9. The van der Waals surface area contributed by atoms with Gasteiger partial charge < -0.3 is 26.0 Å². The lowest BCUT2D eigenvalue weighted by Crippen LogP contribution is -2.60. The van der Waals surface area contributed by atoms with E-state index in [1.165, 1.54) is 37.7 Å². The lowest BCUT2D eigenvalue weighted by molar-refractivity contribution is -0.134. The fraction of sp³-hybridized carbons (Fsp3) is 0.433. The highest BCUT2D eigenvalue weighted by Crippen LogP contribution is 2.38. The molecular weight excluding hydrogens is 560 g/mol. The first kappa shape index (κ1) is 31.7. The highest BCUT2D eigenvalue weighted by atomic mass is 19.2. The predicted molar refractivity (Wildman–Crippen MR) is 159 cm³/mol. The second-order valence-corrected chi connectivity index (χ2v) is 11.5. The molecule has 1 aliphatic rings. The molecule has 43 heavy (non-hydrogen) atoms. The van der Waals surface area contributed by atoms with Crippen molar-refractivity contribution < 1.29 is 27.9 Å². The van der Waals surface area contributed by atoms with Crippen molar-refractivity contribution >= 4 is 45.8 Å². The van der Waals surface area contributed by atoms with Crippen molar-refractivity contribution in [3.8, 4) is 5.75 Å². The predicted octanol–water partition coefficient (Wildman–Crippen LogP) is 3.41. The molecule has 11 nitrogen and oxygen atoms in total. The van der Waals surface area contributed by atoms with E-state index >= 15 is 0 Å². The number of rotatable bonds is 9. The van der Waals surface area contributed by atoms with E-state index in [0.29, 0.717) is 23.9 Å². The Morgan fingerprint density at radius 1 is 1.16 bits per heavy atom. The molecule has 1 aromatic heterocycles. The molecule has 3 aromatic rings. The van der Waals surface area contributed by atoms with Crippen molar-refractivity contribution in [2.24, 2.45) is 5.41 Å². The number of nitrogens with zero attached hydrogens (tertiary/aromatic N) is 3. The first-order chi connectivity index (χ1) is 20.4. The molecule has 230 valence electrons. The third-order valence-electron chi connectivity index (χ3n) is 7.41. The Morgan fingerprint density at radius 2 is 1.91 bits per heavy atom. The molecule has 0 spiro atoms. The van der Waals surface area contributed by atoms with Gasteiger partial charge in [-0.25, -0.2) is 23.6 Å². The van der Waals surface area contributed by atoms with E-state index in [0.717, 1.165) is 17.4 Å². The number of likely N-dealkylation sites (N-methyl/N-ethyl adjacent to an activating group) is 1. The first-order valence-corrected chi connectivity index (χ1v) is 14.0. The van der Waals surface area contributed by atoms with Crippen molar-refractivity contribution in [1.82, 2.24) is 25.9 Å². The molecule has 0 saturated carbocycles.